The largest absolute Gasteiger partial charge is 0.416 e. The molecule has 3 aliphatic rings. The van der Waals surface area contributed by atoms with Crippen molar-refractivity contribution in [1.29, 1.82) is 0 Å². The molecule has 2 aliphatic heterocycles. The summed E-state index contributed by atoms with van der Waals surface area (Å²) >= 11 is 0. The summed E-state index contributed by atoms with van der Waals surface area (Å²) in [6, 6.07) is 5.85. The molecular weight excluding hydrogens is 417 g/mol. The minimum atomic E-state index is -4.35. The zero-order valence-corrected chi connectivity index (χ0v) is 18.6. The summed E-state index contributed by atoms with van der Waals surface area (Å²) in [5, 5.41) is 0. The van der Waals surface area contributed by atoms with Crippen LogP contribution in [0.15, 0.2) is 51.4 Å². The minimum absolute atomic E-state index is 0.122. The first-order valence-corrected chi connectivity index (χ1v) is 11.1. The van der Waals surface area contributed by atoms with Gasteiger partial charge in [0.15, 0.2) is 0 Å². The number of hydrogen-bond acceptors (Lipinski definition) is 2. The van der Waals surface area contributed by atoms with Crippen LogP contribution in [0, 0.1) is 11.8 Å². The molecule has 0 N–H and O–H groups in total. The molecule has 32 heavy (non-hydrogen) atoms. The standard InChI is InChI=1S/C22H23F3N4O.C2H6/c1-26-20(28-19-8-4-5-9-27-19)21(30)29-12-15-10-14(11-16(15)13-29)17-6-2-3-7-18(17)22(23,24)25;1-2/h2-7,9,14-16H,8,10-13H2,1H3;1-2H3/t14?,15-,16+;. The number of alkyl halides is 3. The van der Waals surface area contributed by atoms with Crippen molar-refractivity contribution in [3.63, 3.8) is 0 Å². The van der Waals surface area contributed by atoms with E-state index in [0.717, 1.165) is 6.07 Å². The second-order valence-electron chi connectivity index (χ2n) is 7.97. The van der Waals surface area contributed by atoms with E-state index in [-0.39, 0.29) is 29.5 Å². The van der Waals surface area contributed by atoms with E-state index in [1.165, 1.54) is 13.1 Å². The van der Waals surface area contributed by atoms with E-state index in [1.807, 2.05) is 26.0 Å². The molecule has 0 aromatic heterocycles. The summed E-state index contributed by atoms with van der Waals surface area (Å²) in [7, 11) is 1.53. The van der Waals surface area contributed by atoms with Gasteiger partial charge in [-0.2, -0.15) is 13.2 Å². The Hall–Kier alpha value is -2.77. The third-order valence-corrected chi connectivity index (χ3v) is 6.13. The van der Waals surface area contributed by atoms with Crippen LogP contribution in [0.1, 0.15) is 50.2 Å². The average Bonchev–Trinajstić information content (AvgIpc) is 3.38. The van der Waals surface area contributed by atoms with Gasteiger partial charge in [-0.1, -0.05) is 38.1 Å². The maximum absolute atomic E-state index is 13.4. The number of rotatable bonds is 1. The topological polar surface area (TPSA) is 57.4 Å². The summed E-state index contributed by atoms with van der Waals surface area (Å²) in [5.74, 6) is 0.684. The SMILES string of the molecule is CC.CN=C(N=C1CC=CC=N1)C(=O)N1C[C@H]2CC(c3ccccc3C(F)(F)F)C[C@H]2C1. The fraction of sp³-hybridized carbons (Fsp3) is 0.500. The molecule has 5 nitrogen and oxygen atoms in total. The maximum atomic E-state index is 13.4. The first kappa shape index (κ1) is 23.9. The Morgan fingerprint density at radius 1 is 1.12 bits per heavy atom. The molecule has 0 spiro atoms. The fourth-order valence-corrected chi connectivity index (χ4v) is 4.78. The molecule has 4 rings (SSSR count). The highest BCUT2D eigenvalue weighted by atomic mass is 19.4. The van der Waals surface area contributed by atoms with Crippen molar-refractivity contribution in [3.05, 3.63) is 47.5 Å². The third-order valence-electron chi connectivity index (χ3n) is 6.13. The number of benzene rings is 1. The third kappa shape index (κ3) is 5.16. The lowest BCUT2D eigenvalue weighted by Crippen LogP contribution is -2.35. The Morgan fingerprint density at radius 3 is 2.34 bits per heavy atom. The maximum Gasteiger partial charge on any atom is 0.416 e. The van der Waals surface area contributed by atoms with Crippen molar-refractivity contribution >= 4 is 23.8 Å². The van der Waals surface area contributed by atoms with Gasteiger partial charge in [-0.3, -0.25) is 9.79 Å². The van der Waals surface area contributed by atoms with Gasteiger partial charge in [0.1, 0.15) is 5.84 Å². The van der Waals surface area contributed by atoms with Gasteiger partial charge < -0.3 is 4.90 Å². The second-order valence-corrected chi connectivity index (χ2v) is 7.97. The van der Waals surface area contributed by atoms with Crippen LogP contribution in [0.3, 0.4) is 0 Å². The first-order chi connectivity index (χ1) is 15.4. The molecule has 0 bridgehead atoms. The lowest BCUT2D eigenvalue weighted by atomic mass is 9.91. The summed E-state index contributed by atoms with van der Waals surface area (Å²) < 4.78 is 40.2. The van der Waals surface area contributed by atoms with Gasteiger partial charge in [-0.05, 0) is 48.3 Å². The molecule has 1 saturated heterocycles. The van der Waals surface area contributed by atoms with E-state index in [4.69, 9.17) is 0 Å². The van der Waals surface area contributed by atoms with Crippen molar-refractivity contribution in [2.75, 3.05) is 20.1 Å². The highest BCUT2D eigenvalue weighted by molar-refractivity contribution is 6.40. The number of nitrogens with zero attached hydrogens (tertiary/aromatic N) is 4. The number of allylic oxidation sites excluding steroid dienone is 1. The lowest BCUT2D eigenvalue weighted by Gasteiger charge is -2.21. The normalized spacial score (nSPS) is 26.2. The number of fused-ring (bicyclic) bond motifs is 1. The Morgan fingerprint density at radius 2 is 1.78 bits per heavy atom. The highest BCUT2D eigenvalue weighted by Crippen LogP contribution is 2.48. The molecule has 1 aromatic carbocycles. The van der Waals surface area contributed by atoms with Crippen LogP contribution in [0.2, 0.25) is 0 Å². The van der Waals surface area contributed by atoms with Crippen LogP contribution in [0.5, 0.6) is 0 Å². The molecule has 1 amide bonds. The molecule has 1 aliphatic carbocycles. The van der Waals surface area contributed by atoms with Crippen molar-refractivity contribution in [3.8, 4) is 0 Å². The number of aliphatic imine (C=N–C) groups is 3. The Labute approximate surface area is 186 Å². The van der Waals surface area contributed by atoms with Crippen molar-refractivity contribution in [2.24, 2.45) is 26.8 Å². The van der Waals surface area contributed by atoms with Crippen LogP contribution < -0.4 is 0 Å². The van der Waals surface area contributed by atoms with E-state index in [2.05, 4.69) is 15.0 Å². The lowest BCUT2D eigenvalue weighted by molar-refractivity contribution is -0.138. The molecule has 1 aromatic rings. The van der Waals surface area contributed by atoms with E-state index in [9.17, 15) is 18.0 Å². The zero-order valence-electron chi connectivity index (χ0n) is 18.6. The number of hydrogen-bond donors (Lipinski definition) is 0. The molecular formula is C24H29F3N4O. The van der Waals surface area contributed by atoms with Crippen LogP contribution in [0.4, 0.5) is 13.2 Å². The van der Waals surface area contributed by atoms with Gasteiger partial charge >= 0.3 is 6.18 Å². The van der Waals surface area contributed by atoms with Gasteiger partial charge in [0.05, 0.1) is 5.56 Å². The van der Waals surface area contributed by atoms with Gasteiger partial charge in [-0.25, -0.2) is 9.98 Å². The van der Waals surface area contributed by atoms with Crippen molar-refractivity contribution < 1.29 is 18.0 Å². The molecule has 1 unspecified atom stereocenters. The summed E-state index contributed by atoms with van der Waals surface area (Å²) in [4.78, 5) is 27.1. The average molecular weight is 447 g/mol. The van der Waals surface area contributed by atoms with E-state index in [1.54, 1.807) is 23.2 Å². The smallest absolute Gasteiger partial charge is 0.335 e. The zero-order chi connectivity index (χ0) is 23.3. The summed E-state index contributed by atoms with van der Waals surface area (Å²) in [6.45, 7) is 5.06. The number of halogens is 3. The fourth-order valence-electron chi connectivity index (χ4n) is 4.78. The molecule has 2 heterocycles. The predicted octanol–water partition coefficient (Wildman–Crippen LogP) is 5.14. The highest BCUT2D eigenvalue weighted by Gasteiger charge is 2.45. The number of dihydropyridines is 1. The van der Waals surface area contributed by atoms with Gasteiger partial charge in [-0.15, -0.1) is 0 Å². The van der Waals surface area contributed by atoms with E-state index in [0.29, 0.717) is 43.8 Å². The number of carbonyl (C=O) groups is 1. The Bertz CT molecular complexity index is 935. The molecule has 172 valence electrons. The van der Waals surface area contributed by atoms with Gasteiger partial charge in [0, 0.05) is 32.8 Å². The molecule has 2 fully saturated rings. The predicted molar refractivity (Wildman–Crippen MR) is 121 cm³/mol. The quantitative estimate of drug-likeness (QED) is 0.435. The van der Waals surface area contributed by atoms with Crippen LogP contribution in [-0.4, -0.2) is 48.8 Å². The van der Waals surface area contributed by atoms with E-state index < -0.39 is 11.7 Å². The first-order valence-electron chi connectivity index (χ1n) is 11.1. The number of amidine groups is 2. The molecule has 0 radical (unpaired) electrons. The van der Waals surface area contributed by atoms with Crippen LogP contribution in [0.25, 0.3) is 0 Å². The van der Waals surface area contributed by atoms with Crippen LogP contribution >= 0.6 is 0 Å². The van der Waals surface area contributed by atoms with Crippen molar-refractivity contribution in [1.82, 2.24) is 4.90 Å². The Kier molecular flexibility index (Phi) is 7.64. The second kappa shape index (κ2) is 10.2. The van der Waals surface area contributed by atoms with Crippen molar-refractivity contribution in [2.45, 2.75) is 45.2 Å². The molecule has 8 heteroatoms. The molecule has 1 saturated carbocycles. The monoisotopic (exact) mass is 446 g/mol. The van der Waals surface area contributed by atoms with Gasteiger partial charge in [0.25, 0.3) is 5.91 Å². The number of likely N-dealkylation sites (tertiary alicyclic amines) is 1. The minimum Gasteiger partial charge on any atom is -0.335 e. The number of amides is 1. The summed E-state index contributed by atoms with van der Waals surface area (Å²) in [6.07, 6.45) is 2.86. The van der Waals surface area contributed by atoms with Gasteiger partial charge in [0.2, 0.25) is 5.84 Å². The van der Waals surface area contributed by atoms with E-state index >= 15 is 0 Å². The van der Waals surface area contributed by atoms with Crippen LogP contribution in [-0.2, 0) is 11.0 Å². The Balaban J connectivity index is 0.00000141. The summed E-state index contributed by atoms with van der Waals surface area (Å²) in [5.41, 5.74) is -0.163. The number of carbonyl (C=O) groups excluding carboxylic acids is 1. The molecule has 3 atom stereocenters.